The van der Waals surface area contributed by atoms with Gasteiger partial charge in [0, 0.05) is 24.7 Å². The number of amides is 2. The third-order valence-electron chi connectivity index (χ3n) is 5.47. The summed E-state index contributed by atoms with van der Waals surface area (Å²) in [5, 5.41) is 3.11. The number of benzene rings is 2. The predicted octanol–water partition coefficient (Wildman–Crippen LogP) is 4.26. The lowest BCUT2D eigenvalue weighted by molar-refractivity contribution is -0.135. The van der Waals surface area contributed by atoms with Crippen molar-refractivity contribution < 1.29 is 14.3 Å². The Labute approximate surface area is 173 Å². The molecule has 154 valence electrons. The van der Waals surface area contributed by atoms with Gasteiger partial charge in [-0.25, -0.2) is 0 Å². The van der Waals surface area contributed by atoms with Gasteiger partial charge in [-0.3, -0.25) is 9.59 Å². The van der Waals surface area contributed by atoms with Crippen LogP contribution in [0, 0.1) is 26.7 Å². The highest BCUT2D eigenvalue weighted by Gasteiger charge is 2.27. The monoisotopic (exact) mass is 394 g/mol. The van der Waals surface area contributed by atoms with Crippen molar-refractivity contribution in [2.24, 2.45) is 5.92 Å². The molecule has 5 heteroatoms. The Morgan fingerprint density at radius 3 is 2.28 bits per heavy atom. The number of likely N-dealkylation sites (tertiary alicyclic amines) is 1. The average molecular weight is 395 g/mol. The normalized spacial score (nSPS) is 14.5. The maximum Gasteiger partial charge on any atom is 0.227 e. The molecule has 2 amide bonds. The second-order valence-electron chi connectivity index (χ2n) is 7.83. The van der Waals surface area contributed by atoms with Gasteiger partial charge >= 0.3 is 0 Å². The molecule has 1 saturated heterocycles. The Kier molecular flexibility index (Phi) is 6.91. The molecule has 0 aromatic heterocycles. The molecule has 0 unspecified atom stereocenters. The van der Waals surface area contributed by atoms with Crippen LogP contribution in [0.25, 0.3) is 0 Å². The van der Waals surface area contributed by atoms with E-state index in [-0.39, 0.29) is 17.7 Å². The molecule has 0 radical (unpaired) electrons. The number of nitrogens with one attached hydrogen (secondary N) is 1. The fourth-order valence-corrected chi connectivity index (χ4v) is 3.92. The number of piperidine rings is 1. The summed E-state index contributed by atoms with van der Waals surface area (Å²) >= 11 is 0. The summed E-state index contributed by atoms with van der Waals surface area (Å²) in [5.74, 6) is 0.863. The highest BCUT2D eigenvalue weighted by Crippen LogP contribution is 2.25. The number of ether oxygens (including phenoxy) is 1. The molecule has 2 aromatic carbocycles. The molecule has 3 rings (SSSR count). The van der Waals surface area contributed by atoms with E-state index in [9.17, 15) is 9.59 Å². The number of carbonyl (C=O) groups is 2. The fraction of sp³-hybridized carbons (Fsp3) is 0.417. The smallest absolute Gasteiger partial charge is 0.227 e. The van der Waals surface area contributed by atoms with Crippen LogP contribution >= 0.6 is 0 Å². The van der Waals surface area contributed by atoms with Crippen LogP contribution < -0.4 is 10.1 Å². The van der Waals surface area contributed by atoms with Crippen LogP contribution in [0.3, 0.4) is 0 Å². The van der Waals surface area contributed by atoms with Gasteiger partial charge in [-0.05, 0) is 56.9 Å². The SMILES string of the molecule is Cc1cc(C)c(NC(=O)C2CCN(C(=O)CCOc3ccccc3)CC2)c(C)c1. The third-order valence-corrected chi connectivity index (χ3v) is 5.47. The Bertz CT molecular complexity index is 833. The molecule has 0 spiro atoms. The van der Waals surface area contributed by atoms with E-state index in [0.717, 1.165) is 22.6 Å². The zero-order chi connectivity index (χ0) is 20.8. The van der Waals surface area contributed by atoms with E-state index in [0.29, 0.717) is 39.0 Å². The van der Waals surface area contributed by atoms with Crippen molar-refractivity contribution in [3.05, 3.63) is 59.2 Å². The minimum atomic E-state index is -0.0558. The molecule has 1 aliphatic heterocycles. The molecule has 2 aromatic rings. The molecule has 0 bridgehead atoms. The van der Waals surface area contributed by atoms with Crippen LogP contribution in [-0.4, -0.2) is 36.4 Å². The third kappa shape index (κ3) is 5.59. The van der Waals surface area contributed by atoms with E-state index in [1.165, 1.54) is 5.56 Å². The lowest BCUT2D eigenvalue weighted by Crippen LogP contribution is -2.41. The van der Waals surface area contributed by atoms with Crippen molar-refractivity contribution in [1.82, 2.24) is 4.90 Å². The summed E-state index contributed by atoms with van der Waals surface area (Å²) in [6.45, 7) is 7.71. The summed E-state index contributed by atoms with van der Waals surface area (Å²) in [4.78, 5) is 27.0. The Hall–Kier alpha value is -2.82. The number of para-hydroxylation sites is 1. The number of carbonyl (C=O) groups excluding carboxylic acids is 2. The predicted molar refractivity (Wildman–Crippen MR) is 115 cm³/mol. The highest BCUT2D eigenvalue weighted by molar-refractivity contribution is 5.94. The number of rotatable bonds is 6. The van der Waals surface area contributed by atoms with E-state index < -0.39 is 0 Å². The molecule has 0 atom stereocenters. The number of aryl methyl sites for hydroxylation is 3. The number of nitrogens with zero attached hydrogens (tertiary/aromatic N) is 1. The molecule has 1 N–H and O–H groups in total. The van der Waals surface area contributed by atoms with Gasteiger partial charge < -0.3 is 15.0 Å². The largest absolute Gasteiger partial charge is 0.493 e. The first-order valence-corrected chi connectivity index (χ1v) is 10.3. The van der Waals surface area contributed by atoms with Gasteiger partial charge in [0.15, 0.2) is 0 Å². The summed E-state index contributed by atoms with van der Waals surface area (Å²) in [7, 11) is 0. The van der Waals surface area contributed by atoms with E-state index in [1.807, 2.05) is 49.1 Å². The molecule has 1 fully saturated rings. The molecule has 0 saturated carbocycles. The van der Waals surface area contributed by atoms with Gasteiger partial charge in [0.25, 0.3) is 0 Å². The van der Waals surface area contributed by atoms with Crippen molar-refractivity contribution in [2.75, 3.05) is 25.0 Å². The molecule has 1 heterocycles. The van der Waals surface area contributed by atoms with E-state index >= 15 is 0 Å². The van der Waals surface area contributed by atoms with Gasteiger partial charge in [-0.1, -0.05) is 35.9 Å². The minimum Gasteiger partial charge on any atom is -0.493 e. The summed E-state index contributed by atoms with van der Waals surface area (Å²) in [6, 6.07) is 13.7. The van der Waals surface area contributed by atoms with Gasteiger partial charge in [-0.2, -0.15) is 0 Å². The lowest BCUT2D eigenvalue weighted by Gasteiger charge is -2.31. The van der Waals surface area contributed by atoms with Crippen LogP contribution in [0.1, 0.15) is 36.0 Å². The van der Waals surface area contributed by atoms with Crippen molar-refractivity contribution >= 4 is 17.5 Å². The van der Waals surface area contributed by atoms with Crippen molar-refractivity contribution in [3.63, 3.8) is 0 Å². The molecule has 1 aliphatic rings. The number of anilines is 1. The molecule has 5 nitrogen and oxygen atoms in total. The van der Waals surface area contributed by atoms with Gasteiger partial charge in [-0.15, -0.1) is 0 Å². The van der Waals surface area contributed by atoms with Gasteiger partial charge in [0.1, 0.15) is 5.75 Å². The molecular formula is C24H30N2O3. The van der Waals surface area contributed by atoms with Crippen molar-refractivity contribution in [1.29, 1.82) is 0 Å². The van der Waals surface area contributed by atoms with Crippen LogP contribution in [0.4, 0.5) is 5.69 Å². The quantitative estimate of drug-likeness (QED) is 0.796. The van der Waals surface area contributed by atoms with Crippen LogP contribution in [0.2, 0.25) is 0 Å². The zero-order valence-corrected chi connectivity index (χ0v) is 17.5. The Morgan fingerprint density at radius 2 is 1.66 bits per heavy atom. The first-order valence-electron chi connectivity index (χ1n) is 10.3. The average Bonchev–Trinajstić information content (AvgIpc) is 2.71. The lowest BCUT2D eigenvalue weighted by atomic mass is 9.95. The van der Waals surface area contributed by atoms with E-state index in [4.69, 9.17) is 4.74 Å². The minimum absolute atomic E-state index is 0.0552. The van der Waals surface area contributed by atoms with E-state index in [1.54, 1.807) is 0 Å². The Balaban J connectivity index is 1.45. The van der Waals surface area contributed by atoms with Gasteiger partial charge in [0.2, 0.25) is 11.8 Å². The number of hydrogen-bond donors (Lipinski definition) is 1. The fourth-order valence-electron chi connectivity index (χ4n) is 3.92. The van der Waals surface area contributed by atoms with Crippen molar-refractivity contribution in [3.8, 4) is 5.75 Å². The summed E-state index contributed by atoms with van der Waals surface area (Å²) < 4.78 is 5.61. The topological polar surface area (TPSA) is 58.6 Å². The van der Waals surface area contributed by atoms with Gasteiger partial charge in [0.05, 0.1) is 13.0 Å². The first kappa shape index (κ1) is 20.9. The van der Waals surface area contributed by atoms with Crippen molar-refractivity contribution in [2.45, 2.75) is 40.0 Å². The number of hydrogen-bond acceptors (Lipinski definition) is 3. The van der Waals surface area contributed by atoms with E-state index in [2.05, 4.69) is 24.4 Å². The second-order valence-corrected chi connectivity index (χ2v) is 7.83. The second kappa shape index (κ2) is 9.59. The molecule has 29 heavy (non-hydrogen) atoms. The maximum atomic E-state index is 12.7. The van der Waals surface area contributed by atoms with Crippen LogP contribution in [-0.2, 0) is 9.59 Å². The Morgan fingerprint density at radius 1 is 1.03 bits per heavy atom. The molecule has 0 aliphatic carbocycles. The standard InChI is InChI=1S/C24H30N2O3/c1-17-15-18(2)23(19(3)16-17)25-24(28)20-9-12-26(13-10-20)22(27)11-14-29-21-7-5-4-6-8-21/h4-8,15-16,20H,9-14H2,1-3H3,(H,25,28). The summed E-state index contributed by atoms with van der Waals surface area (Å²) in [6.07, 6.45) is 1.75. The molecular weight excluding hydrogens is 364 g/mol. The zero-order valence-electron chi connectivity index (χ0n) is 17.5. The van der Waals surface area contributed by atoms with Crippen LogP contribution in [0.15, 0.2) is 42.5 Å². The highest BCUT2D eigenvalue weighted by atomic mass is 16.5. The van der Waals surface area contributed by atoms with Crippen LogP contribution in [0.5, 0.6) is 5.75 Å². The first-order chi connectivity index (χ1) is 13.9. The summed E-state index contributed by atoms with van der Waals surface area (Å²) in [5.41, 5.74) is 4.28. The maximum absolute atomic E-state index is 12.7.